The molecule has 2 heterocycles. The molecule has 0 bridgehead atoms. The summed E-state index contributed by atoms with van der Waals surface area (Å²) in [6.45, 7) is 4.22. The number of amides is 1. The van der Waals surface area contributed by atoms with Crippen LogP contribution in [0.1, 0.15) is 17.3 Å². The molecular formula is C21H25N6O2+. The average molecular weight is 393 g/mol. The van der Waals surface area contributed by atoms with Crippen LogP contribution in [0.5, 0.6) is 5.75 Å². The maximum absolute atomic E-state index is 12.2. The number of nitrogens with zero attached hydrogens (tertiary/aromatic N) is 3. The molecule has 2 aromatic carbocycles. The van der Waals surface area contributed by atoms with Crippen molar-refractivity contribution in [3.63, 3.8) is 0 Å². The van der Waals surface area contributed by atoms with Gasteiger partial charge in [-0.2, -0.15) is 0 Å². The largest absolute Gasteiger partial charge is 0.487 e. The Morgan fingerprint density at radius 3 is 2.83 bits per heavy atom. The average Bonchev–Trinajstić information content (AvgIpc) is 3.32. The minimum atomic E-state index is -0.546. The quantitative estimate of drug-likeness (QED) is 0.439. The molecule has 2 aromatic heterocycles. The molecule has 8 heteroatoms. The molecule has 0 aliphatic rings. The van der Waals surface area contributed by atoms with Gasteiger partial charge in [0, 0.05) is 12.1 Å². The number of aromatic nitrogens is 4. The highest BCUT2D eigenvalue weighted by molar-refractivity contribution is 6.10. The molecular weight excluding hydrogens is 368 g/mol. The highest BCUT2D eigenvalue weighted by atomic mass is 16.5. The molecule has 4 rings (SSSR count). The van der Waals surface area contributed by atoms with Gasteiger partial charge in [0.25, 0.3) is 5.91 Å². The SMILES string of the molecule is CCn1cnc2cc(-c3cc(OCC[NH+](C)C)c(C(N)=O)c4[nH]cnc34)ccc21. The van der Waals surface area contributed by atoms with Crippen molar-refractivity contribution < 1.29 is 14.4 Å². The first-order valence-electron chi connectivity index (χ1n) is 9.66. The zero-order valence-electron chi connectivity index (χ0n) is 16.8. The fourth-order valence-electron chi connectivity index (χ4n) is 3.51. The molecule has 0 radical (unpaired) electrons. The number of carbonyl (C=O) groups is 1. The summed E-state index contributed by atoms with van der Waals surface area (Å²) in [5.74, 6) is -0.0835. The van der Waals surface area contributed by atoms with Crippen LogP contribution in [0.25, 0.3) is 33.2 Å². The predicted octanol–water partition coefficient (Wildman–Crippen LogP) is 1.22. The minimum Gasteiger partial charge on any atom is -0.487 e. The summed E-state index contributed by atoms with van der Waals surface area (Å²) >= 11 is 0. The van der Waals surface area contributed by atoms with E-state index in [1.165, 1.54) is 4.90 Å². The van der Waals surface area contributed by atoms with Crippen molar-refractivity contribution in [3.8, 4) is 16.9 Å². The summed E-state index contributed by atoms with van der Waals surface area (Å²) in [5, 5.41) is 0. The van der Waals surface area contributed by atoms with Gasteiger partial charge in [-0.3, -0.25) is 4.79 Å². The number of quaternary nitrogens is 1. The zero-order valence-corrected chi connectivity index (χ0v) is 16.8. The van der Waals surface area contributed by atoms with Crippen LogP contribution in [0, 0.1) is 0 Å². The maximum Gasteiger partial charge on any atom is 0.254 e. The third kappa shape index (κ3) is 3.42. The van der Waals surface area contributed by atoms with E-state index in [4.69, 9.17) is 10.5 Å². The highest BCUT2D eigenvalue weighted by Gasteiger charge is 2.21. The maximum atomic E-state index is 12.2. The van der Waals surface area contributed by atoms with Crippen molar-refractivity contribution in [2.45, 2.75) is 13.5 Å². The minimum absolute atomic E-state index is 0.325. The molecule has 0 unspecified atom stereocenters. The smallest absolute Gasteiger partial charge is 0.254 e. The molecule has 1 amide bonds. The van der Waals surface area contributed by atoms with Crippen molar-refractivity contribution in [2.75, 3.05) is 27.2 Å². The van der Waals surface area contributed by atoms with Gasteiger partial charge in [0.15, 0.2) is 0 Å². The topological polar surface area (TPSA) is 103 Å². The van der Waals surface area contributed by atoms with Crippen LogP contribution in [0.2, 0.25) is 0 Å². The second-order valence-corrected chi connectivity index (χ2v) is 7.33. The molecule has 0 aliphatic heterocycles. The first kappa shape index (κ1) is 18.9. The number of ether oxygens (including phenoxy) is 1. The van der Waals surface area contributed by atoms with Crippen molar-refractivity contribution in [3.05, 3.63) is 42.5 Å². The molecule has 150 valence electrons. The van der Waals surface area contributed by atoms with E-state index in [9.17, 15) is 4.79 Å². The summed E-state index contributed by atoms with van der Waals surface area (Å²) in [7, 11) is 4.10. The predicted molar refractivity (Wildman–Crippen MR) is 112 cm³/mol. The Hall–Kier alpha value is -3.39. The number of H-pyrrole nitrogens is 1. The van der Waals surface area contributed by atoms with E-state index < -0.39 is 5.91 Å². The number of benzene rings is 2. The monoisotopic (exact) mass is 393 g/mol. The van der Waals surface area contributed by atoms with E-state index in [-0.39, 0.29) is 0 Å². The van der Waals surface area contributed by atoms with Crippen LogP contribution >= 0.6 is 0 Å². The highest BCUT2D eigenvalue weighted by Crippen LogP contribution is 2.36. The lowest BCUT2D eigenvalue weighted by molar-refractivity contribution is -0.858. The van der Waals surface area contributed by atoms with Crippen molar-refractivity contribution in [2.24, 2.45) is 5.73 Å². The molecule has 0 saturated carbocycles. The number of primary amides is 1. The van der Waals surface area contributed by atoms with Gasteiger partial charge in [-0.15, -0.1) is 0 Å². The summed E-state index contributed by atoms with van der Waals surface area (Å²) in [6, 6.07) is 7.98. The molecule has 0 fully saturated rings. The molecule has 0 saturated heterocycles. The normalized spacial score (nSPS) is 11.6. The Bertz CT molecular complexity index is 1190. The van der Waals surface area contributed by atoms with Gasteiger partial charge in [0.05, 0.1) is 48.8 Å². The first-order chi connectivity index (χ1) is 14.0. The Labute approximate surface area is 168 Å². The van der Waals surface area contributed by atoms with E-state index in [0.29, 0.717) is 29.0 Å². The summed E-state index contributed by atoms with van der Waals surface area (Å²) < 4.78 is 8.06. The molecule has 0 atom stereocenters. The van der Waals surface area contributed by atoms with Crippen LogP contribution < -0.4 is 15.4 Å². The zero-order chi connectivity index (χ0) is 20.5. The van der Waals surface area contributed by atoms with Crippen LogP contribution in [-0.2, 0) is 6.54 Å². The number of aryl methyl sites for hydroxylation is 1. The number of imidazole rings is 2. The lowest BCUT2D eigenvalue weighted by atomic mass is 9.99. The third-order valence-corrected chi connectivity index (χ3v) is 5.05. The van der Waals surface area contributed by atoms with Crippen LogP contribution in [0.3, 0.4) is 0 Å². The fourth-order valence-corrected chi connectivity index (χ4v) is 3.51. The molecule has 29 heavy (non-hydrogen) atoms. The molecule has 8 nitrogen and oxygen atoms in total. The lowest BCUT2D eigenvalue weighted by Crippen LogP contribution is -3.06. The number of rotatable bonds is 7. The summed E-state index contributed by atoms with van der Waals surface area (Å²) in [4.78, 5) is 25.4. The van der Waals surface area contributed by atoms with Crippen LogP contribution in [0.15, 0.2) is 36.9 Å². The number of fused-ring (bicyclic) bond motifs is 2. The summed E-state index contributed by atoms with van der Waals surface area (Å²) in [6.07, 6.45) is 3.41. The van der Waals surface area contributed by atoms with Gasteiger partial charge in [0.2, 0.25) is 0 Å². The molecule has 4 aromatic rings. The Kier molecular flexibility index (Phi) is 4.94. The Balaban J connectivity index is 1.86. The van der Waals surface area contributed by atoms with Gasteiger partial charge >= 0.3 is 0 Å². The van der Waals surface area contributed by atoms with E-state index in [1.807, 2.05) is 38.6 Å². The molecule has 4 N–H and O–H groups in total. The van der Waals surface area contributed by atoms with Gasteiger partial charge in [-0.05, 0) is 30.7 Å². The molecule has 0 aliphatic carbocycles. The molecule has 0 spiro atoms. The third-order valence-electron chi connectivity index (χ3n) is 5.05. The number of hydrogen-bond acceptors (Lipinski definition) is 4. The van der Waals surface area contributed by atoms with E-state index >= 15 is 0 Å². The fraction of sp³-hybridized carbons (Fsp3) is 0.286. The van der Waals surface area contributed by atoms with Gasteiger partial charge < -0.3 is 24.9 Å². The second kappa shape index (κ2) is 7.56. The van der Waals surface area contributed by atoms with Crippen molar-refractivity contribution in [1.29, 1.82) is 0 Å². The van der Waals surface area contributed by atoms with E-state index in [0.717, 1.165) is 35.2 Å². The first-order valence-corrected chi connectivity index (χ1v) is 9.66. The summed E-state index contributed by atoms with van der Waals surface area (Å²) in [5.41, 5.74) is 11.1. The number of nitrogens with one attached hydrogen (secondary N) is 2. The van der Waals surface area contributed by atoms with Crippen LogP contribution in [0.4, 0.5) is 0 Å². The number of carbonyl (C=O) groups excluding carboxylic acids is 1. The number of aromatic amines is 1. The standard InChI is InChI=1S/C21H24N6O2/c1-4-27-12-25-15-9-13(5-6-16(15)27)14-10-17(29-8-7-26(2)3)18(21(22)28)20-19(14)23-11-24-20/h5-6,9-12H,4,7-8H2,1-3H3,(H2,22,28)(H,23,24)/p+1. The van der Waals surface area contributed by atoms with Gasteiger partial charge in [0.1, 0.15) is 24.5 Å². The number of hydrogen-bond donors (Lipinski definition) is 3. The van der Waals surface area contributed by atoms with Crippen LogP contribution in [-0.4, -0.2) is 52.7 Å². The van der Waals surface area contributed by atoms with Crippen molar-refractivity contribution >= 4 is 28.0 Å². The Morgan fingerprint density at radius 2 is 2.10 bits per heavy atom. The van der Waals surface area contributed by atoms with Crippen molar-refractivity contribution in [1.82, 2.24) is 19.5 Å². The number of nitrogens with two attached hydrogens (primary N) is 1. The Morgan fingerprint density at radius 1 is 1.28 bits per heavy atom. The van der Waals surface area contributed by atoms with E-state index in [1.54, 1.807) is 6.33 Å². The van der Waals surface area contributed by atoms with E-state index in [2.05, 4.69) is 32.5 Å². The lowest BCUT2D eigenvalue weighted by Gasteiger charge is -2.14. The van der Waals surface area contributed by atoms with Gasteiger partial charge in [-0.1, -0.05) is 6.07 Å². The second-order valence-electron chi connectivity index (χ2n) is 7.33. The number of likely N-dealkylation sites (N-methyl/N-ethyl adjacent to an activating group) is 1. The van der Waals surface area contributed by atoms with Gasteiger partial charge in [-0.25, -0.2) is 9.97 Å².